The maximum Gasteiger partial charge on any atom is 0.303 e. The van der Waals surface area contributed by atoms with Crippen LogP contribution in [-0.2, 0) is 4.79 Å². The summed E-state index contributed by atoms with van der Waals surface area (Å²) in [7, 11) is 1.60. The number of likely N-dealkylation sites (tertiary alicyclic amines) is 1. The highest BCUT2D eigenvalue weighted by Gasteiger charge is 2.31. The van der Waals surface area contributed by atoms with E-state index < -0.39 is 12.1 Å². The van der Waals surface area contributed by atoms with Crippen LogP contribution in [0, 0.1) is 11.8 Å². The Labute approximate surface area is 214 Å². The summed E-state index contributed by atoms with van der Waals surface area (Å²) in [5, 5.41) is 12.4. The van der Waals surface area contributed by atoms with Crippen LogP contribution in [0.4, 0.5) is 4.39 Å². The molecule has 2 aromatic heterocycles. The number of carbonyl (C=O) groups is 1. The van der Waals surface area contributed by atoms with E-state index in [1.165, 1.54) is 4.21 Å². The summed E-state index contributed by atoms with van der Waals surface area (Å²) in [5.74, 6) is 1.27. The highest BCUT2D eigenvalue weighted by atomic mass is 32.2. The van der Waals surface area contributed by atoms with E-state index in [1.807, 2.05) is 30.0 Å². The first-order valence-electron chi connectivity index (χ1n) is 12.2. The second-order valence-electron chi connectivity index (χ2n) is 9.17. The quantitative estimate of drug-likeness (QED) is 0.214. The molecule has 188 valence electrons. The number of carboxylic acid groups (broad SMARTS) is 1. The number of hydrogen-bond donors (Lipinski definition) is 1. The van der Waals surface area contributed by atoms with Crippen molar-refractivity contribution in [3.8, 4) is 5.75 Å². The number of halogens is 1. The molecule has 0 bridgehead atoms. The van der Waals surface area contributed by atoms with Crippen LogP contribution in [0.3, 0.4) is 0 Å². The first kappa shape index (κ1) is 25.9. The van der Waals surface area contributed by atoms with Crippen molar-refractivity contribution in [1.82, 2.24) is 9.88 Å². The fourth-order valence-electron chi connectivity index (χ4n) is 5.06. The summed E-state index contributed by atoms with van der Waals surface area (Å²) >= 11 is 3.65. The molecule has 0 aliphatic carbocycles. The normalized spacial score (nSPS) is 19.6. The van der Waals surface area contributed by atoms with E-state index in [-0.39, 0.29) is 18.3 Å². The van der Waals surface area contributed by atoms with Gasteiger partial charge in [-0.3, -0.25) is 9.78 Å². The van der Waals surface area contributed by atoms with Gasteiger partial charge in [-0.1, -0.05) is 6.07 Å². The van der Waals surface area contributed by atoms with Gasteiger partial charge in [-0.05, 0) is 91.9 Å². The Kier molecular flexibility index (Phi) is 9.40. The Morgan fingerprint density at radius 2 is 2.23 bits per heavy atom. The molecule has 35 heavy (non-hydrogen) atoms. The molecule has 0 saturated carbocycles. The Balaban J connectivity index is 1.32. The topological polar surface area (TPSA) is 62.7 Å². The van der Waals surface area contributed by atoms with Crippen LogP contribution in [0.2, 0.25) is 0 Å². The number of hydrogen-bond acceptors (Lipinski definition) is 6. The zero-order chi connectivity index (χ0) is 24.6. The van der Waals surface area contributed by atoms with Gasteiger partial charge in [0.1, 0.15) is 11.9 Å². The second-order valence-corrected chi connectivity index (χ2v) is 11.5. The van der Waals surface area contributed by atoms with Crippen molar-refractivity contribution in [2.24, 2.45) is 11.8 Å². The summed E-state index contributed by atoms with van der Waals surface area (Å²) < 4.78 is 22.1. The number of ether oxygens (including phenoxy) is 1. The van der Waals surface area contributed by atoms with E-state index >= 15 is 4.39 Å². The monoisotopic (exact) mass is 516 g/mol. The van der Waals surface area contributed by atoms with Crippen LogP contribution in [-0.4, -0.2) is 53.5 Å². The third-order valence-corrected chi connectivity index (χ3v) is 9.10. The average Bonchev–Trinajstić information content (AvgIpc) is 3.38. The van der Waals surface area contributed by atoms with Crippen LogP contribution in [0.15, 0.2) is 52.2 Å². The number of rotatable bonds is 12. The fourth-order valence-corrected chi connectivity index (χ4v) is 6.85. The van der Waals surface area contributed by atoms with E-state index in [0.29, 0.717) is 24.2 Å². The van der Waals surface area contributed by atoms with Crippen molar-refractivity contribution in [2.75, 3.05) is 32.5 Å². The molecular weight excluding hydrogens is 483 g/mol. The van der Waals surface area contributed by atoms with Gasteiger partial charge in [0.2, 0.25) is 0 Å². The number of thiophene rings is 1. The number of aliphatic carboxylic acids is 1. The van der Waals surface area contributed by atoms with E-state index in [9.17, 15) is 9.90 Å². The van der Waals surface area contributed by atoms with Crippen molar-refractivity contribution in [3.05, 3.63) is 53.5 Å². The lowest BCUT2D eigenvalue weighted by atomic mass is 9.79. The van der Waals surface area contributed by atoms with E-state index in [1.54, 1.807) is 30.7 Å². The largest absolute Gasteiger partial charge is 0.497 e. The number of benzene rings is 1. The van der Waals surface area contributed by atoms with Gasteiger partial charge in [0.05, 0.1) is 16.8 Å². The minimum absolute atomic E-state index is 0.0627. The zero-order valence-corrected chi connectivity index (χ0v) is 21.7. The minimum Gasteiger partial charge on any atom is -0.497 e. The molecule has 3 heterocycles. The van der Waals surface area contributed by atoms with Gasteiger partial charge in [0.15, 0.2) is 0 Å². The molecule has 1 saturated heterocycles. The van der Waals surface area contributed by atoms with Crippen LogP contribution < -0.4 is 4.74 Å². The number of alkyl halides is 1. The molecule has 8 heteroatoms. The number of methoxy groups -OCH3 is 1. The van der Waals surface area contributed by atoms with E-state index in [2.05, 4.69) is 27.4 Å². The lowest BCUT2D eigenvalue weighted by Gasteiger charge is -2.38. The number of thioether (sulfide) groups is 1. The standard InChI is InChI=1S/C27H33FN2O3S2/c1-33-21-6-8-25-23(17-21)22(9-11-29-25)24(28)7-5-19-10-13-30(18-20(19)16-26(31)32)12-3-15-35-27-4-2-14-34-27/h2,4,6,8-9,11,14,17,19-20,24H,3,5,7,10,12-13,15-16,18H2,1H3,(H,31,32)/t19-,20+,24-/m1/s1. The molecule has 3 atom stereocenters. The Bertz CT molecular complexity index is 1100. The summed E-state index contributed by atoms with van der Waals surface area (Å²) in [6.45, 7) is 2.72. The maximum atomic E-state index is 15.4. The number of fused-ring (bicyclic) bond motifs is 1. The first-order valence-corrected chi connectivity index (χ1v) is 14.1. The predicted molar refractivity (Wildman–Crippen MR) is 141 cm³/mol. The van der Waals surface area contributed by atoms with Gasteiger partial charge in [-0.25, -0.2) is 4.39 Å². The number of carboxylic acids is 1. The molecule has 1 aliphatic rings. The number of aromatic nitrogens is 1. The smallest absolute Gasteiger partial charge is 0.303 e. The Hall–Kier alpha value is -2.16. The van der Waals surface area contributed by atoms with Gasteiger partial charge in [-0.15, -0.1) is 23.1 Å². The van der Waals surface area contributed by atoms with Gasteiger partial charge >= 0.3 is 5.97 Å². The van der Waals surface area contributed by atoms with Crippen LogP contribution in [0.5, 0.6) is 5.75 Å². The molecule has 0 radical (unpaired) electrons. The molecular formula is C27H33FN2O3S2. The maximum absolute atomic E-state index is 15.4. The molecule has 1 fully saturated rings. The lowest BCUT2D eigenvalue weighted by Crippen LogP contribution is -2.42. The van der Waals surface area contributed by atoms with Crippen molar-refractivity contribution < 1.29 is 19.0 Å². The number of pyridine rings is 1. The van der Waals surface area contributed by atoms with E-state index in [0.717, 1.165) is 49.1 Å². The minimum atomic E-state index is -1.12. The third-order valence-electron chi connectivity index (χ3n) is 6.88. The highest BCUT2D eigenvalue weighted by Crippen LogP contribution is 2.36. The summed E-state index contributed by atoms with van der Waals surface area (Å²) in [6.07, 6.45) is 3.76. The second kappa shape index (κ2) is 12.7. The summed E-state index contributed by atoms with van der Waals surface area (Å²) in [5.41, 5.74) is 1.38. The van der Waals surface area contributed by atoms with Crippen molar-refractivity contribution in [3.63, 3.8) is 0 Å². The summed E-state index contributed by atoms with van der Waals surface area (Å²) in [6, 6.07) is 11.5. The number of nitrogens with zero attached hydrogens (tertiary/aromatic N) is 2. The van der Waals surface area contributed by atoms with Crippen molar-refractivity contribution in [1.29, 1.82) is 0 Å². The van der Waals surface area contributed by atoms with Crippen molar-refractivity contribution >= 4 is 40.0 Å². The molecule has 1 aliphatic heterocycles. The lowest BCUT2D eigenvalue weighted by molar-refractivity contribution is -0.139. The predicted octanol–water partition coefficient (Wildman–Crippen LogP) is 6.69. The SMILES string of the molecule is COc1ccc2nccc([C@H](F)CC[C@@H]3CCN(CCCSc4cccs4)C[C@@H]3CC(=O)O)c2c1. The van der Waals surface area contributed by atoms with Gasteiger partial charge in [0.25, 0.3) is 0 Å². The summed E-state index contributed by atoms with van der Waals surface area (Å²) in [4.78, 5) is 18.3. The van der Waals surface area contributed by atoms with E-state index in [4.69, 9.17) is 4.74 Å². The zero-order valence-electron chi connectivity index (χ0n) is 20.1. The molecule has 0 unspecified atom stereocenters. The molecule has 0 amide bonds. The van der Waals surface area contributed by atoms with Crippen LogP contribution >= 0.6 is 23.1 Å². The molecule has 4 rings (SSSR count). The fraction of sp³-hybridized carbons (Fsp3) is 0.481. The number of piperidine rings is 1. The highest BCUT2D eigenvalue weighted by molar-refractivity contribution is 8.01. The molecule has 5 nitrogen and oxygen atoms in total. The van der Waals surface area contributed by atoms with Crippen molar-refractivity contribution in [2.45, 2.75) is 42.5 Å². The first-order chi connectivity index (χ1) is 17.0. The molecule has 1 N–H and O–H groups in total. The molecule has 1 aromatic carbocycles. The Morgan fingerprint density at radius 1 is 1.34 bits per heavy atom. The molecule has 3 aromatic rings. The van der Waals surface area contributed by atoms with Crippen LogP contribution in [0.1, 0.15) is 43.8 Å². The van der Waals surface area contributed by atoms with Gasteiger partial charge < -0.3 is 14.7 Å². The van der Waals surface area contributed by atoms with Gasteiger partial charge in [-0.2, -0.15) is 0 Å². The molecule has 0 spiro atoms. The Morgan fingerprint density at radius 3 is 3.00 bits per heavy atom. The van der Waals surface area contributed by atoms with Gasteiger partial charge in [0, 0.05) is 30.3 Å². The average molecular weight is 517 g/mol. The van der Waals surface area contributed by atoms with Crippen LogP contribution in [0.25, 0.3) is 10.9 Å². The third kappa shape index (κ3) is 7.18.